The molecule has 0 bridgehead atoms. The Morgan fingerprint density at radius 3 is 1.41 bits per heavy atom. The second-order valence-electron chi connectivity index (χ2n) is 9.80. The minimum atomic E-state index is -0.790. The van der Waals surface area contributed by atoms with Crippen LogP contribution in [-0.2, 0) is 0 Å². The predicted molar refractivity (Wildman–Crippen MR) is 172 cm³/mol. The Morgan fingerprint density at radius 1 is 0.538 bits per heavy atom. The summed E-state index contributed by atoms with van der Waals surface area (Å²) in [6.45, 7) is 2.26. The lowest BCUT2D eigenvalue weighted by Gasteiger charge is -2.31. The largest absolute Gasteiger partial charge is 0.388 e. The van der Waals surface area contributed by atoms with Crippen LogP contribution in [0.2, 0.25) is 0 Å². The highest BCUT2D eigenvalue weighted by molar-refractivity contribution is 7.80. The Balaban J connectivity index is 1.54. The quantitative estimate of drug-likeness (QED) is 0.174. The van der Waals surface area contributed by atoms with Crippen LogP contribution >= 0.6 is 15.8 Å². The second-order valence-corrected chi connectivity index (χ2v) is 14.5. The number of benzene rings is 5. The molecular formula is C36H36OP2. The van der Waals surface area contributed by atoms with Crippen molar-refractivity contribution in [3.63, 3.8) is 0 Å². The van der Waals surface area contributed by atoms with Crippen LogP contribution in [0.25, 0.3) is 0 Å². The molecule has 0 saturated heterocycles. The molecule has 0 spiro atoms. The Bertz CT molecular complexity index is 1330. The van der Waals surface area contributed by atoms with Gasteiger partial charge in [0.1, 0.15) is 0 Å². The third-order valence-corrected chi connectivity index (χ3v) is 12.5. The summed E-state index contributed by atoms with van der Waals surface area (Å²) >= 11 is 0. The standard InChI is InChI=1S/C36H36OP2/c1-2-17-33(38(29-18-7-3-8-19-29)30-20-9-4-10-21-30)28-35(37)34-26-15-16-27-36(34)39(31-22-11-5-12-23-31)32-24-13-6-14-25-32/h3-16,18-27,33,35,37H,2,17,28H2,1H3/t33-,35+/m0/s1. The second kappa shape index (κ2) is 13.8. The molecule has 196 valence electrons. The Morgan fingerprint density at radius 2 is 0.949 bits per heavy atom. The van der Waals surface area contributed by atoms with Crippen molar-refractivity contribution >= 4 is 42.4 Å². The van der Waals surface area contributed by atoms with E-state index in [9.17, 15) is 5.11 Å². The van der Waals surface area contributed by atoms with Gasteiger partial charge in [-0.25, -0.2) is 0 Å². The van der Waals surface area contributed by atoms with Gasteiger partial charge < -0.3 is 5.11 Å². The number of aliphatic hydroxyl groups excluding tert-OH is 1. The van der Waals surface area contributed by atoms with Gasteiger partial charge in [-0.1, -0.05) is 159 Å². The van der Waals surface area contributed by atoms with Crippen LogP contribution in [0, 0.1) is 0 Å². The average Bonchev–Trinajstić information content (AvgIpc) is 3.00. The lowest BCUT2D eigenvalue weighted by atomic mass is 10.0. The Hall–Kier alpha value is -3.08. The highest BCUT2D eigenvalue weighted by atomic mass is 31.1. The summed E-state index contributed by atoms with van der Waals surface area (Å²) < 4.78 is 0. The lowest BCUT2D eigenvalue weighted by molar-refractivity contribution is 0.166. The molecule has 0 aliphatic rings. The van der Waals surface area contributed by atoms with Gasteiger partial charge in [-0.05, 0) is 66.4 Å². The third kappa shape index (κ3) is 6.74. The molecule has 0 amide bonds. The molecule has 0 aliphatic carbocycles. The van der Waals surface area contributed by atoms with E-state index in [2.05, 4.69) is 153 Å². The molecule has 0 aliphatic heterocycles. The molecule has 0 aromatic heterocycles. The third-order valence-electron chi connectivity index (χ3n) is 7.12. The summed E-state index contributed by atoms with van der Waals surface area (Å²) in [5.74, 6) is 0. The molecule has 0 fully saturated rings. The van der Waals surface area contributed by atoms with Crippen molar-refractivity contribution in [3.05, 3.63) is 151 Å². The fourth-order valence-electron chi connectivity index (χ4n) is 5.37. The Labute approximate surface area is 236 Å². The van der Waals surface area contributed by atoms with Crippen molar-refractivity contribution in [1.82, 2.24) is 0 Å². The zero-order valence-electron chi connectivity index (χ0n) is 22.5. The van der Waals surface area contributed by atoms with Gasteiger partial charge in [0.05, 0.1) is 6.10 Å². The molecule has 0 saturated carbocycles. The van der Waals surface area contributed by atoms with Crippen molar-refractivity contribution in [3.8, 4) is 0 Å². The fourth-order valence-corrected chi connectivity index (χ4v) is 10.9. The lowest BCUT2D eigenvalue weighted by Crippen LogP contribution is -2.27. The molecule has 0 heterocycles. The van der Waals surface area contributed by atoms with Gasteiger partial charge >= 0.3 is 0 Å². The molecule has 0 radical (unpaired) electrons. The summed E-state index contributed by atoms with van der Waals surface area (Å²) in [5.41, 5.74) is 1.44. The van der Waals surface area contributed by atoms with Gasteiger partial charge in [0.2, 0.25) is 0 Å². The van der Waals surface area contributed by atoms with E-state index < -0.39 is 21.9 Å². The van der Waals surface area contributed by atoms with Crippen LogP contribution in [0.1, 0.15) is 37.9 Å². The van der Waals surface area contributed by atoms with Gasteiger partial charge in [-0.3, -0.25) is 0 Å². The van der Waals surface area contributed by atoms with Crippen molar-refractivity contribution in [2.75, 3.05) is 0 Å². The maximum Gasteiger partial charge on any atom is 0.0802 e. The first-order valence-corrected chi connectivity index (χ1v) is 16.6. The predicted octanol–water partition coefficient (Wildman–Crippen LogP) is 7.17. The SMILES string of the molecule is CCC[C@@H](C[C@@H](O)c1ccccc1P(c1ccccc1)c1ccccc1)P(c1ccccc1)c1ccccc1. The summed E-state index contributed by atoms with van der Waals surface area (Å²) in [6, 6.07) is 52.0. The van der Waals surface area contributed by atoms with Crippen molar-refractivity contribution < 1.29 is 5.11 Å². The van der Waals surface area contributed by atoms with Crippen molar-refractivity contribution in [2.24, 2.45) is 0 Å². The molecule has 5 aromatic carbocycles. The summed E-state index contributed by atoms with van der Waals surface area (Å²) in [6.07, 6.45) is 2.39. The van der Waals surface area contributed by atoms with Crippen molar-refractivity contribution in [1.29, 1.82) is 0 Å². The highest BCUT2D eigenvalue weighted by Crippen LogP contribution is 2.46. The van der Waals surface area contributed by atoms with E-state index in [1.807, 2.05) is 0 Å². The van der Waals surface area contributed by atoms with E-state index in [0.29, 0.717) is 5.66 Å². The van der Waals surface area contributed by atoms with Gasteiger partial charge in [0, 0.05) is 0 Å². The maximum atomic E-state index is 12.0. The maximum absolute atomic E-state index is 12.0. The molecule has 5 rings (SSSR count). The monoisotopic (exact) mass is 546 g/mol. The van der Waals surface area contributed by atoms with Crippen molar-refractivity contribution in [2.45, 2.75) is 37.9 Å². The highest BCUT2D eigenvalue weighted by Gasteiger charge is 2.29. The zero-order valence-corrected chi connectivity index (χ0v) is 24.3. The number of rotatable bonds is 11. The van der Waals surface area contributed by atoms with E-state index in [0.717, 1.165) is 24.8 Å². The number of hydrogen-bond donors (Lipinski definition) is 1. The molecule has 3 heteroatoms. The van der Waals surface area contributed by atoms with Crippen LogP contribution < -0.4 is 26.5 Å². The first kappa shape index (κ1) is 27.5. The van der Waals surface area contributed by atoms with Crippen LogP contribution in [0.4, 0.5) is 0 Å². The normalized spacial score (nSPS) is 12.9. The summed E-state index contributed by atoms with van der Waals surface area (Å²) in [5, 5.41) is 18.6. The van der Waals surface area contributed by atoms with Crippen LogP contribution in [0.15, 0.2) is 146 Å². The van der Waals surface area contributed by atoms with E-state index in [-0.39, 0.29) is 0 Å². The summed E-state index contributed by atoms with van der Waals surface area (Å²) in [7, 11) is -1.40. The zero-order chi connectivity index (χ0) is 26.9. The van der Waals surface area contributed by atoms with Gasteiger partial charge in [0.25, 0.3) is 0 Å². The minimum absolute atomic E-state index is 0.373. The fraction of sp³-hybridized carbons (Fsp3) is 0.167. The van der Waals surface area contributed by atoms with Crippen LogP contribution in [0.5, 0.6) is 0 Å². The first-order valence-electron chi connectivity index (χ1n) is 13.8. The molecular weight excluding hydrogens is 510 g/mol. The van der Waals surface area contributed by atoms with E-state index >= 15 is 0 Å². The van der Waals surface area contributed by atoms with Gasteiger partial charge in [0.15, 0.2) is 0 Å². The molecule has 1 nitrogen and oxygen atoms in total. The van der Waals surface area contributed by atoms with Crippen LogP contribution in [-0.4, -0.2) is 10.8 Å². The van der Waals surface area contributed by atoms with E-state index in [4.69, 9.17) is 0 Å². The van der Waals surface area contributed by atoms with E-state index in [1.165, 1.54) is 26.5 Å². The molecule has 0 unspecified atom stereocenters. The first-order chi connectivity index (χ1) is 19.3. The molecule has 2 atom stereocenters. The van der Waals surface area contributed by atoms with Gasteiger partial charge in [-0.15, -0.1) is 0 Å². The number of aliphatic hydroxyl groups is 1. The number of hydrogen-bond acceptors (Lipinski definition) is 1. The van der Waals surface area contributed by atoms with Gasteiger partial charge in [-0.2, -0.15) is 0 Å². The minimum Gasteiger partial charge on any atom is -0.388 e. The molecule has 1 N–H and O–H groups in total. The average molecular weight is 547 g/mol. The van der Waals surface area contributed by atoms with Crippen LogP contribution in [0.3, 0.4) is 0 Å². The van der Waals surface area contributed by atoms with E-state index in [1.54, 1.807) is 0 Å². The smallest absolute Gasteiger partial charge is 0.0802 e. The Kier molecular flexibility index (Phi) is 9.74. The molecule has 39 heavy (non-hydrogen) atoms. The summed E-state index contributed by atoms with van der Waals surface area (Å²) in [4.78, 5) is 0. The topological polar surface area (TPSA) is 20.2 Å². The molecule has 5 aromatic rings.